The number of carbonyl (C=O) groups excluding carboxylic acids is 3. The molecule has 146 valence electrons. The fourth-order valence-electron chi connectivity index (χ4n) is 2.54. The monoisotopic (exact) mass is 384 g/mol. The molecule has 0 radical (unpaired) electrons. The van der Waals surface area contributed by atoms with Crippen molar-refractivity contribution in [2.24, 2.45) is 7.05 Å². The van der Waals surface area contributed by atoms with E-state index in [-0.39, 0.29) is 22.6 Å². The third kappa shape index (κ3) is 4.43. The van der Waals surface area contributed by atoms with E-state index in [4.69, 9.17) is 6.57 Å². The zero-order valence-electron chi connectivity index (χ0n) is 16.3. The fourth-order valence-corrected chi connectivity index (χ4v) is 2.54. The number of halogens is 1. The predicted octanol–water partition coefficient (Wildman–Crippen LogP) is 3.37. The maximum absolute atomic E-state index is 13.4. The topological polar surface area (TPSA) is 84.6 Å². The molecule has 1 heterocycles. The number of aromatic nitrogens is 1. The molecule has 0 fully saturated rings. The van der Waals surface area contributed by atoms with Gasteiger partial charge in [0.1, 0.15) is 5.82 Å². The van der Waals surface area contributed by atoms with E-state index in [2.05, 4.69) is 15.5 Å². The number of carbonyl (C=O) groups is 3. The average Bonchev–Trinajstić information content (AvgIpc) is 2.90. The maximum atomic E-state index is 13.4. The molecule has 0 bridgehead atoms. The number of Topliss-reactive ketones (excluding diaryl/α,β-unsaturated/α-hetero) is 1. The molecule has 28 heavy (non-hydrogen) atoms. The molecule has 1 aromatic heterocycles. The van der Waals surface area contributed by atoms with Crippen LogP contribution in [0.1, 0.15) is 47.3 Å². The summed E-state index contributed by atoms with van der Waals surface area (Å²) in [5, 5.41) is 5.17. The molecular formula is C20H21FN4O3. The first-order chi connectivity index (χ1) is 12.9. The summed E-state index contributed by atoms with van der Waals surface area (Å²) in [6.45, 7) is 13.8. The van der Waals surface area contributed by atoms with Gasteiger partial charge in [0.25, 0.3) is 17.6 Å². The van der Waals surface area contributed by atoms with E-state index in [9.17, 15) is 18.8 Å². The summed E-state index contributed by atoms with van der Waals surface area (Å²) in [7, 11) is 1.58. The molecule has 7 nitrogen and oxygen atoms in total. The first kappa shape index (κ1) is 20.8. The Kier molecular flexibility index (Phi) is 5.69. The van der Waals surface area contributed by atoms with Crippen LogP contribution in [-0.4, -0.2) is 27.7 Å². The molecule has 8 heteroatoms. The van der Waals surface area contributed by atoms with Gasteiger partial charge < -0.3 is 15.2 Å². The van der Waals surface area contributed by atoms with Crippen molar-refractivity contribution in [1.29, 1.82) is 0 Å². The molecule has 0 saturated carbocycles. The van der Waals surface area contributed by atoms with Gasteiger partial charge in [-0.15, -0.1) is 0 Å². The Hall–Kier alpha value is -3.47. The number of anilines is 1. The highest BCUT2D eigenvalue weighted by Crippen LogP contribution is 2.23. The normalized spacial score (nSPS) is 10.9. The number of amides is 2. The largest absolute Gasteiger partial charge is 0.345 e. The van der Waals surface area contributed by atoms with Crippen LogP contribution in [0.15, 0.2) is 24.3 Å². The second kappa shape index (κ2) is 7.64. The van der Waals surface area contributed by atoms with E-state index in [0.717, 1.165) is 6.07 Å². The molecule has 2 N–H and O–H groups in total. The number of benzene rings is 1. The van der Waals surface area contributed by atoms with Crippen molar-refractivity contribution in [1.82, 2.24) is 9.88 Å². The van der Waals surface area contributed by atoms with Gasteiger partial charge in [-0.2, -0.15) is 0 Å². The Balaban J connectivity index is 2.29. The lowest BCUT2D eigenvalue weighted by molar-refractivity contribution is -0.118. The Bertz CT molecular complexity index is 1010. The minimum Gasteiger partial charge on any atom is -0.345 e. The second-order valence-corrected chi connectivity index (χ2v) is 7.35. The van der Waals surface area contributed by atoms with Gasteiger partial charge in [-0.05, 0) is 52.0 Å². The van der Waals surface area contributed by atoms with E-state index < -0.39 is 29.0 Å². The van der Waals surface area contributed by atoms with Crippen molar-refractivity contribution in [3.05, 3.63) is 58.5 Å². The van der Waals surface area contributed by atoms with Gasteiger partial charge in [-0.3, -0.25) is 14.4 Å². The SMILES string of the molecule is [C-]#[N+]c1cc(NC(=O)c2cc(C(=O)C(=O)NC(C)(C)C)n(C)c2C)ccc1F. The lowest BCUT2D eigenvalue weighted by Gasteiger charge is -2.19. The van der Waals surface area contributed by atoms with E-state index in [1.165, 1.54) is 22.8 Å². The Labute approximate surface area is 162 Å². The van der Waals surface area contributed by atoms with Gasteiger partial charge in [0.15, 0.2) is 0 Å². The third-order valence-electron chi connectivity index (χ3n) is 4.03. The summed E-state index contributed by atoms with van der Waals surface area (Å²) in [5.41, 5.74) is 0.220. The molecule has 2 rings (SSSR count). The summed E-state index contributed by atoms with van der Waals surface area (Å²) in [6, 6.07) is 4.99. The molecular weight excluding hydrogens is 363 g/mol. The second-order valence-electron chi connectivity index (χ2n) is 7.35. The van der Waals surface area contributed by atoms with Crippen molar-refractivity contribution in [2.75, 3.05) is 5.32 Å². The number of nitrogens with one attached hydrogen (secondary N) is 2. The summed E-state index contributed by atoms with van der Waals surface area (Å²) in [4.78, 5) is 40.3. The Morgan fingerprint density at radius 3 is 2.39 bits per heavy atom. The van der Waals surface area contributed by atoms with Gasteiger partial charge in [0.2, 0.25) is 5.69 Å². The quantitative estimate of drug-likeness (QED) is 0.482. The molecule has 2 aromatic rings. The summed E-state index contributed by atoms with van der Waals surface area (Å²) in [5.74, 6) is -2.73. The zero-order chi connectivity index (χ0) is 21.2. The van der Waals surface area contributed by atoms with Gasteiger partial charge in [-0.1, -0.05) is 0 Å². The average molecular weight is 384 g/mol. The number of rotatable bonds is 4. The number of hydrogen-bond donors (Lipinski definition) is 2. The minimum atomic E-state index is -0.764. The number of hydrogen-bond acceptors (Lipinski definition) is 3. The number of nitrogens with zero attached hydrogens (tertiary/aromatic N) is 2. The first-order valence-corrected chi connectivity index (χ1v) is 8.46. The standard InChI is InChI=1S/C20H21FN4O3/c1-11-13(18(27)23-12-7-8-14(21)15(9-12)22-5)10-16(25(11)6)17(26)19(28)24-20(2,3)4/h7-10H,1-4,6H3,(H,23,27)(H,24,28). The van der Waals surface area contributed by atoms with Crippen LogP contribution in [0.3, 0.4) is 0 Å². The molecule has 2 amide bonds. The van der Waals surface area contributed by atoms with E-state index >= 15 is 0 Å². The van der Waals surface area contributed by atoms with Crippen LogP contribution >= 0.6 is 0 Å². The van der Waals surface area contributed by atoms with Crippen LogP contribution in [0.5, 0.6) is 0 Å². The molecule has 1 aromatic carbocycles. The van der Waals surface area contributed by atoms with Crippen molar-refractivity contribution in [2.45, 2.75) is 33.2 Å². The van der Waals surface area contributed by atoms with Gasteiger partial charge in [-0.25, -0.2) is 9.24 Å². The van der Waals surface area contributed by atoms with Gasteiger partial charge >= 0.3 is 0 Å². The van der Waals surface area contributed by atoms with Crippen molar-refractivity contribution in [3.8, 4) is 0 Å². The highest BCUT2D eigenvalue weighted by molar-refractivity contribution is 6.42. The predicted molar refractivity (Wildman–Crippen MR) is 103 cm³/mol. The molecule has 0 aliphatic carbocycles. The Morgan fingerprint density at radius 1 is 1.18 bits per heavy atom. The van der Waals surface area contributed by atoms with Crippen molar-refractivity contribution >= 4 is 29.0 Å². The summed E-state index contributed by atoms with van der Waals surface area (Å²) >= 11 is 0. The molecule has 0 aliphatic heterocycles. The summed E-state index contributed by atoms with van der Waals surface area (Å²) in [6.07, 6.45) is 0. The smallest absolute Gasteiger partial charge is 0.294 e. The van der Waals surface area contributed by atoms with Gasteiger partial charge in [0.05, 0.1) is 17.8 Å². The highest BCUT2D eigenvalue weighted by atomic mass is 19.1. The summed E-state index contributed by atoms with van der Waals surface area (Å²) < 4.78 is 14.9. The molecule has 0 atom stereocenters. The molecule has 0 unspecified atom stereocenters. The first-order valence-electron chi connectivity index (χ1n) is 8.46. The van der Waals surface area contributed by atoms with Crippen LogP contribution in [0.4, 0.5) is 15.8 Å². The number of ketones is 1. The van der Waals surface area contributed by atoms with Crippen molar-refractivity contribution in [3.63, 3.8) is 0 Å². The van der Waals surface area contributed by atoms with Crippen LogP contribution in [-0.2, 0) is 11.8 Å². The van der Waals surface area contributed by atoms with Crippen LogP contribution in [0.2, 0.25) is 0 Å². The highest BCUT2D eigenvalue weighted by Gasteiger charge is 2.26. The third-order valence-corrected chi connectivity index (χ3v) is 4.03. The molecule has 0 saturated heterocycles. The minimum absolute atomic E-state index is 0.0744. The molecule has 0 spiro atoms. The van der Waals surface area contributed by atoms with Crippen LogP contribution in [0, 0.1) is 19.3 Å². The van der Waals surface area contributed by atoms with Gasteiger partial charge in [0, 0.05) is 24.0 Å². The lowest BCUT2D eigenvalue weighted by atomic mass is 10.1. The van der Waals surface area contributed by atoms with Crippen LogP contribution < -0.4 is 10.6 Å². The maximum Gasteiger partial charge on any atom is 0.294 e. The Morgan fingerprint density at radius 2 is 1.82 bits per heavy atom. The van der Waals surface area contributed by atoms with E-state index in [0.29, 0.717) is 5.69 Å². The lowest BCUT2D eigenvalue weighted by Crippen LogP contribution is -2.44. The zero-order valence-corrected chi connectivity index (χ0v) is 16.3. The van der Waals surface area contributed by atoms with Crippen LogP contribution in [0.25, 0.3) is 4.85 Å². The van der Waals surface area contributed by atoms with E-state index in [1.807, 2.05) is 0 Å². The molecule has 0 aliphatic rings. The van der Waals surface area contributed by atoms with E-state index in [1.54, 1.807) is 34.7 Å². The fraction of sp³-hybridized carbons (Fsp3) is 0.300. The van der Waals surface area contributed by atoms with Crippen molar-refractivity contribution < 1.29 is 18.8 Å².